The van der Waals surface area contributed by atoms with Crippen LogP contribution in [0.1, 0.15) is 40.1 Å². The number of nitro benzene ring substituents is 1. The number of rotatable bonds is 14. The van der Waals surface area contributed by atoms with Gasteiger partial charge >= 0.3 is 0 Å². The number of nitrogens with one attached hydrogen (secondary N) is 2. The van der Waals surface area contributed by atoms with E-state index in [-0.39, 0.29) is 22.5 Å². The lowest BCUT2D eigenvalue weighted by molar-refractivity contribution is -0.384. The molecule has 5 aromatic carbocycles. The van der Waals surface area contributed by atoms with E-state index in [4.69, 9.17) is 24.2 Å². The number of sulfonamides is 1. The normalized spacial score (nSPS) is 14.5. The number of piperazine rings is 1. The lowest BCUT2D eigenvalue weighted by Gasteiger charge is -2.36. The van der Waals surface area contributed by atoms with Crippen molar-refractivity contribution in [2.75, 3.05) is 55.4 Å². The van der Waals surface area contributed by atoms with E-state index in [0.717, 1.165) is 61.3 Å². The maximum Gasteiger partial charge on any atom is 0.293 e. The summed E-state index contributed by atoms with van der Waals surface area (Å²) in [6.07, 6.45) is 0.549. The smallest absolute Gasteiger partial charge is 0.293 e. The van der Waals surface area contributed by atoms with Gasteiger partial charge in [-0.05, 0) is 96.3 Å². The molecule has 0 aromatic heterocycles. The average Bonchev–Trinajstić information content (AvgIpc) is 3.18. The highest BCUT2D eigenvalue weighted by Crippen LogP contribution is 2.32. The zero-order valence-corrected chi connectivity index (χ0v) is 33.9. The molecule has 0 bridgehead atoms. The molecular formula is C42H45ClN6O5S2. The van der Waals surface area contributed by atoms with Gasteiger partial charge in [-0.2, -0.15) is 12.6 Å². The van der Waals surface area contributed by atoms with Gasteiger partial charge in [-0.1, -0.05) is 60.1 Å². The van der Waals surface area contributed by atoms with Crippen LogP contribution in [0.15, 0.2) is 120 Å². The Labute approximate surface area is 338 Å². The van der Waals surface area contributed by atoms with E-state index in [9.17, 15) is 23.3 Å². The molecule has 0 aliphatic carbocycles. The summed E-state index contributed by atoms with van der Waals surface area (Å²) in [7, 11) is -0.503. The molecule has 1 heterocycles. The summed E-state index contributed by atoms with van der Waals surface area (Å²) in [5.41, 5.74) is 6.43. The molecule has 14 heteroatoms. The van der Waals surface area contributed by atoms with Crippen LogP contribution in [0.25, 0.3) is 11.1 Å². The zero-order chi connectivity index (χ0) is 40.0. The number of nitro groups is 1. The molecule has 0 radical (unpaired) electrons. The van der Waals surface area contributed by atoms with Gasteiger partial charge < -0.3 is 15.1 Å². The lowest BCUT2D eigenvalue weighted by atomic mass is 9.99. The largest absolute Gasteiger partial charge is 0.378 e. The number of hydrogen-bond donors (Lipinski definition) is 3. The first-order valence-corrected chi connectivity index (χ1v) is 20.6. The highest BCUT2D eigenvalue weighted by atomic mass is 35.5. The molecule has 292 valence electrons. The molecule has 0 saturated carbocycles. The number of hydrogen-bond acceptors (Lipinski definition) is 10. The van der Waals surface area contributed by atoms with Gasteiger partial charge in [0, 0.05) is 86.1 Å². The van der Waals surface area contributed by atoms with Crippen molar-refractivity contribution in [1.29, 1.82) is 0 Å². The Balaban J connectivity index is 1.04. The number of anilines is 3. The topological polar surface area (TPSA) is 128 Å². The maximum absolute atomic E-state index is 13.3. The second kappa shape index (κ2) is 17.8. The van der Waals surface area contributed by atoms with Gasteiger partial charge in [0.05, 0.1) is 9.82 Å². The second-order valence-electron chi connectivity index (χ2n) is 14.1. The Kier molecular flexibility index (Phi) is 12.9. The predicted octanol–water partition coefficient (Wildman–Crippen LogP) is 8.28. The Morgan fingerprint density at radius 2 is 1.57 bits per heavy atom. The lowest BCUT2D eigenvalue weighted by Crippen LogP contribution is -2.46. The van der Waals surface area contributed by atoms with Crippen LogP contribution < -0.4 is 19.8 Å². The average molecular weight is 813 g/mol. The van der Waals surface area contributed by atoms with E-state index in [0.29, 0.717) is 11.4 Å². The van der Waals surface area contributed by atoms with Crippen LogP contribution in [-0.2, 0) is 16.6 Å². The Morgan fingerprint density at radius 3 is 2.21 bits per heavy atom. The standard InChI is InChI=1S/C42H45ClN6O5S2/c1-29(26-41(55)31-10-16-35(17-11-31)46(2)3)44-39-21-20-37(27-40(39)49(51)52)56(53,54)45-42(50)32-12-18-36(19-13-32)48-24-22-47(23-25-48)28-33-6-4-5-7-38(33)30-8-14-34(43)15-9-30/h4-21,27,29,41,44,55H,22-26,28H2,1-3H3,(H,45,50). The number of benzene rings is 5. The summed E-state index contributed by atoms with van der Waals surface area (Å²) in [4.78, 5) is 30.8. The second-order valence-corrected chi connectivity index (χ2v) is 16.9. The van der Waals surface area contributed by atoms with E-state index >= 15 is 0 Å². The van der Waals surface area contributed by atoms with Gasteiger partial charge in [0.15, 0.2) is 0 Å². The monoisotopic (exact) mass is 812 g/mol. The van der Waals surface area contributed by atoms with Crippen LogP contribution in [0.5, 0.6) is 0 Å². The van der Waals surface area contributed by atoms with Crippen LogP contribution in [0.2, 0.25) is 5.02 Å². The van der Waals surface area contributed by atoms with Crippen LogP contribution in [-0.4, -0.2) is 70.5 Å². The fraction of sp³-hybridized carbons (Fsp3) is 0.262. The first-order chi connectivity index (χ1) is 26.8. The first kappa shape index (κ1) is 40.6. The van der Waals surface area contributed by atoms with Gasteiger partial charge in [-0.3, -0.25) is 19.8 Å². The third kappa shape index (κ3) is 10.0. The minimum Gasteiger partial charge on any atom is -0.378 e. The molecular weight excluding hydrogens is 768 g/mol. The zero-order valence-electron chi connectivity index (χ0n) is 31.4. The minimum atomic E-state index is -4.43. The van der Waals surface area contributed by atoms with Crippen molar-refractivity contribution >= 4 is 62.9 Å². The van der Waals surface area contributed by atoms with Crippen molar-refractivity contribution in [3.05, 3.63) is 147 Å². The van der Waals surface area contributed by atoms with E-state index in [1.165, 1.54) is 23.3 Å². The van der Waals surface area contributed by atoms with Crippen molar-refractivity contribution in [1.82, 2.24) is 9.62 Å². The van der Waals surface area contributed by atoms with E-state index < -0.39 is 31.4 Å². The molecule has 5 aromatic rings. The molecule has 1 amide bonds. The number of nitrogens with zero attached hydrogens (tertiary/aromatic N) is 4. The number of halogens is 1. The molecule has 11 nitrogen and oxygen atoms in total. The van der Waals surface area contributed by atoms with Gasteiger partial charge in [0.2, 0.25) is 0 Å². The number of thiol groups is 1. The van der Waals surface area contributed by atoms with Crippen LogP contribution >= 0.6 is 24.2 Å². The molecule has 2 unspecified atom stereocenters. The number of amides is 1. The summed E-state index contributed by atoms with van der Waals surface area (Å²) in [5, 5.41) is 15.7. The van der Waals surface area contributed by atoms with Gasteiger partial charge in [0.25, 0.3) is 21.6 Å². The van der Waals surface area contributed by atoms with Gasteiger partial charge in [-0.15, -0.1) is 0 Å². The molecule has 1 fully saturated rings. The molecule has 0 spiro atoms. The van der Waals surface area contributed by atoms with Crippen molar-refractivity contribution in [3.8, 4) is 11.1 Å². The Hall–Kier alpha value is -5.08. The Morgan fingerprint density at radius 1 is 0.911 bits per heavy atom. The van der Waals surface area contributed by atoms with Gasteiger partial charge in [0.1, 0.15) is 5.69 Å². The first-order valence-electron chi connectivity index (χ1n) is 18.3. The maximum atomic E-state index is 13.3. The SMILES string of the molecule is CC(CC(S)c1ccc(N(C)C)cc1)Nc1ccc(S(=O)(=O)NC(=O)c2ccc(N3CCN(Cc4ccccc4-c4ccc(Cl)cc4)CC3)cc2)cc1[N+](=O)[O-]. The molecule has 1 aliphatic heterocycles. The molecule has 2 atom stereocenters. The summed E-state index contributed by atoms with van der Waals surface area (Å²) >= 11 is 10.9. The van der Waals surface area contributed by atoms with Crippen molar-refractivity contribution in [3.63, 3.8) is 0 Å². The fourth-order valence-corrected chi connectivity index (χ4v) is 8.39. The Bertz CT molecular complexity index is 2270. The van der Waals surface area contributed by atoms with Crippen LogP contribution in [0, 0.1) is 10.1 Å². The summed E-state index contributed by atoms with van der Waals surface area (Å²) in [6.45, 7) is 5.94. The molecule has 6 rings (SSSR count). The molecule has 1 aliphatic rings. The quantitative estimate of drug-likeness (QED) is 0.0577. The predicted molar refractivity (Wildman–Crippen MR) is 229 cm³/mol. The van der Waals surface area contributed by atoms with E-state index in [1.807, 2.05) is 80.5 Å². The fourth-order valence-electron chi connectivity index (χ4n) is 6.78. The van der Waals surface area contributed by atoms with Crippen molar-refractivity contribution in [2.24, 2.45) is 0 Å². The van der Waals surface area contributed by atoms with Crippen molar-refractivity contribution in [2.45, 2.75) is 36.1 Å². The van der Waals surface area contributed by atoms with Crippen LogP contribution in [0.4, 0.5) is 22.7 Å². The van der Waals surface area contributed by atoms with Crippen LogP contribution in [0.3, 0.4) is 0 Å². The highest BCUT2D eigenvalue weighted by molar-refractivity contribution is 7.90. The summed E-state index contributed by atoms with van der Waals surface area (Å²) in [6, 6.07) is 34.3. The van der Waals surface area contributed by atoms with Gasteiger partial charge in [-0.25, -0.2) is 13.1 Å². The summed E-state index contributed by atoms with van der Waals surface area (Å²) < 4.78 is 28.6. The van der Waals surface area contributed by atoms with E-state index in [2.05, 4.69) is 38.0 Å². The third-order valence-corrected chi connectivity index (χ3v) is 12.0. The van der Waals surface area contributed by atoms with Crippen molar-refractivity contribution < 1.29 is 18.1 Å². The number of carbonyl (C=O) groups excluding carboxylic acids is 1. The molecule has 56 heavy (non-hydrogen) atoms. The highest BCUT2D eigenvalue weighted by Gasteiger charge is 2.26. The number of carbonyl (C=O) groups is 1. The molecule has 2 N–H and O–H groups in total. The minimum absolute atomic E-state index is 0.137. The third-order valence-electron chi connectivity index (χ3n) is 9.91. The summed E-state index contributed by atoms with van der Waals surface area (Å²) in [5.74, 6) is -0.836. The molecule has 1 saturated heterocycles. The van der Waals surface area contributed by atoms with E-state index in [1.54, 1.807) is 24.3 Å².